The van der Waals surface area contributed by atoms with Gasteiger partial charge in [-0.1, -0.05) is 6.07 Å². The molecule has 3 heterocycles. The summed E-state index contributed by atoms with van der Waals surface area (Å²) < 4.78 is 11.4. The average molecular weight is 290 g/mol. The number of piperidine rings is 1. The molecule has 1 aromatic heterocycles. The van der Waals surface area contributed by atoms with Crippen LogP contribution in [-0.2, 0) is 9.47 Å². The Morgan fingerprint density at radius 1 is 1.57 bits per heavy atom. The third-order valence-corrected chi connectivity index (χ3v) is 4.59. The second-order valence-corrected chi connectivity index (χ2v) is 5.99. The van der Waals surface area contributed by atoms with Crippen LogP contribution in [0.15, 0.2) is 24.4 Å². The number of rotatable bonds is 3. The minimum Gasteiger partial charge on any atom is -0.384 e. The second-order valence-electron chi connectivity index (χ2n) is 5.99. The molecule has 0 saturated carbocycles. The van der Waals surface area contributed by atoms with Gasteiger partial charge in [-0.3, -0.25) is 9.78 Å². The standard InChI is InChI=1S/C16H22N2O3/c1-20-12-16-7-4-10-21-14(16)6-9-18(11-16)15(19)13-5-2-3-8-17-13/h2-3,5,8,14H,4,6-7,9-12H2,1H3/t14-,16-/m1/s1. The molecule has 2 atom stereocenters. The number of nitrogens with zero attached hydrogens (tertiary/aromatic N) is 2. The van der Waals surface area contributed by atoms with Crippen LogP contribution < -0.4 is 0 Å². The van der Waals surface area contributed by atoms with Gasteiger partial charge in [-0.25, -0.2) is 0 Å². The summed E-state index contributed by atoms with van der Waals surface area (Å²) >= 11 is 0. The van der Waals surface area contributed by atoms with Crippen molar-refractivity contribution in [3.8, 4) is 0 Å². The van der Waals surface area contributed by atoms with Gasteiger partial charge in [0.2, 0.25) is 0 Å². The number of aromatic nitrogens is 1. The minimum absolute atomic E-state index is 0.00935. The average Bonchev–Trinajstić information content (AvgIpc) is 2.54. The first-order valence-corrected chi connectivity index (χ1v) is 7.56. The Hall–Kier alpha value is -1.46. The van der Waals surface area contributed by atoms with Gasteiger partial charge in [-0.15, -0.1) is 0 Å². The van der Waals surface area contributed by atoms with Crippen LogP contribution in [0, 0.1) is 5.41 Å². The van der Waals surface area contributed by atoms with Crippen LogP contribution in [0.1, 0.15) is 29.8 Å². The van der Waals surface area contributed by atoms with Gasteiger partial charge in [0.05, 0.1) is 12.7 Å². The Kier molecular flexibility index (Phi) is 4.22. The highest BCUT2D eigenvalue weighted by Crippen LogP contribution is 2.40. The highest BCUT2D eigenvalue weighted by Gasteiger charge is 2.47. The maximum atomic E-state index is 12.6. The summed E-state index contributed by atoms with van der Waals surface area (Å²) in [6.07, 6.45) is 4.83. The van der Waals surface area contributed by atoms with Crippen molar-refractivity contribution in [3.63, 3.8) is 0 Å². The summed E-state index contributed by atoms with van der Waals surface area (Å²) in [6, 6.07) is 5.45. The molecule has 0 spiro atoms. The molecule has 2 aliphatic heterocycles. The van der Waals surface area contributed by atoms with Crippen LogP contribution in [0.5, 0.6) is 0 Å². The van der Waals surface area contributed by atoms with Gasteiger partial charge in [0.1, 0.15) is 5.69 Å². The predicted octanol–water partition coefficient (Wildman–Crippen LogP) is 1.74. The molecule has 0 bridgehead atoms. The van der Waals surface area contributed by atoms with Crippen molar-refractivity contribution in [3.05, 3.63) is 30.1 Å². The second kappa shape index (κ2) is 6.12. The molecule has 5 nitrogen and oxygen atoms in total. The first kappa shape index (κ1) is 14.5. The van der Waals surface area contributed by atoms with E-state index in [1.807, 2.05) is 17.0 Å². The van der Waals surface area contributed by atoms with Crippen molar-refractivity contribution < 1.29 is 14.3 Å². The zero-order valence-electron chi connectivity index (χ0n) is 12.5. The number of carbonyl (C=O) groups excluding carboxylic acids is 1. The third kappa shape index (κ3) is 2.80. The van der Waals surface area contributed by atoms with Crippen molar-refractivity contribution in [2.75, 3.05) is 33.4 Å². The summed E-state index contributed by atoms with van der Waals surface area (Å²) in [6.45, 7) is 2.89. The molecule has 0 N–H and O–H groups in total. The lowest BCUT2D eigenvalue weighted by Crippen LogP contribution is -2.58. The van der Waals surface area contributed by atoms with Gasteiger partial charge in [0.25, 0.3) is 5.91 Å². The summed E-state index contributed by atoms with van der Waals surface area (Å²) in [7, 11) is 1.72. The van der Waals surface area contributed by atoms with Crippen LogP contribution in [0.2, 0.25) is 0 Å². The van der Waals surface area contributed by atoms with Gasteiger partial charge < -0.3 is 14.4 Å². The molecular formula is C16H22N2O3. The molecule has 114 valence electrons. The van der Waals surface area contributed by atoms with Crippen molar-refractivity contribution in [2.24, 2.45) is 5.41 Å². The maximum absolute atomic E-state index is 12.6. The molecule has 0 radical (unpaired) electrons. The zero-order chi connectivity index (χ0) is 14.7. The van der Waals surface area contributed by atoms with Crippen LogP contribution in [-0.4, -0.2) is 55.3 Å². The molecule has 1 amide bonds. The summed E-state index contributed by atoms with van der Waals surface area (Å²) in [4.78, 5) is 18.7. The van der Waals surface area contributed by atoms with Crippen molar-refractivity contribution in [1.82, 2.24) is 9.88 Å². The molecular weight excluding hydrogens is 268 g/mol. The number of hydrogen-bond acceptors (Lipinski definition) is 4. The predicted molar refractivity (Wildman–Crippen MR) is 78.0 cm³/mol. The van der Waals surface area contributed by atoms with Crippen molar-refractivity contribution in [2.45, 2.75) is 25.4 Å². The largest absolute Gasteiger partial charge is 0.384 e. The fourth-order valence-electron chi connectivity index (χ4n) is 3.61. The van der Waals surface area contributed by atoms with Crippen molar-refractivity contribution >= 4 is 5.91 Å². The fourth-order valence-corrected chi connectivity index (χ4v) is 3.61. The Morgan fingerprint density at radius 2 is 2.48 bits per heavy atom. The lowest BCUT2D eigenvalue weighted by Gasteiger charge is -2.50. The lowest BCUT2D eigenvalue weighted by molar-refractivity contribution is -0.142. The van der Waals surface area contributed by atoms with Crippen LogP contribution in [0.3, 0.4) is 0 Å². The minimum atomic E-state index is -0.0598. The van der Waals surface area contributed by atoms with E-state index < -0.39 is 0 Å². The molecule has 0 aliphatic carbocycles. The van der Waals surface area contributed by atoms with E-state index in [0.29, 0.717) is 18.8 Å². The highest BCUT2D eigenvalue weighted by molar-refractivity contribution is 5.92. The van der Waals surface area contributed by atoms with Gasteiger partial charge in [-0.05, 0) is 31.4 Å². The van der Waals surface area contributed by atoms with E-state index in [1.165, 1.54) is 0 Å². The summed E-state index contributed by atoms with van der Waals surface area (Å²) in [5.74, 6) is 0.00935. The van der Waals surface area contributed by atoms with Gasteiger partial charge in [0.15, 0.2) is 0 Å². The monoisotopic (exact) mass is 290 g/mol. The first-order chi connectivity index (χ1) is 10.2. The molecule has 3 rings (SSSR count). The van der Waals surface area contributed by atoms with E-state index in [4.69, 9.17) is 9.47 Å². The number of likely N-dealkylation sites (tertiary alicyclic amines) is 1. The van der Waals surface area contributed by atoms with E-state index in [-0.39, 0.29) is 17.4 Å². The molecule has 0 aromatic carbocycles. The SMILES string of the molecule is COC[C@]12CCCO[C@@H]1CCN(C(=O)c1ccccn1)C2. The number of methoxy groups -OCH3 is 1. The Labute approximate surface area is 125 Å². The van der Waals surface area contributed by atoms with E-state index in [0.717, 1.165) is 32.4 Å². The number of carbonyl (C=O) groups is 1. The smallest absolute Gasteiger partial charge is 0.272 e. The number of amides is 1. The van der Waals surface area contributed by atoms with E-state index in [9.17, 15) is 4.79 Å². The number of hydrogen-bond donors (Lipinski definition) is 0. The van der Waals surface area contributed by atoms with Crippen LogP contribution in [0.4, 0.5) is 0 Å². The molecule has 2 saturated heterocycles. The van der Waals surface area contributed by atoms with Gasteiger partial charge in [0, 0.05) is 38.4 Å². The maximum Gasteiger partial charge on any atom is 0.272 e. The normalized spacial score (nSPS) is 29.0. The first-order valence-electron chi connectivity index (χ1n) is 7.56. The summed E-state index contributed by atoms with van der Waals surface area (Å²) in [5, 5.41) is 0. The summed E-state index contributed by atoms with van der Waals surface area (Å²) in [5.41, 5.74) is 0.454. The molecule has 21 heavy (non-hydrogen) atoms. The van der Waals surface area contributed by atoms with E-state index in [1.54, 1.807) is 19.4 Å². The molecule has 5 heteroatoms. The van der Waals surface area contributed by atoms with Gasteiger partial charge >= 0.3 is 0 Å². The molecule has 1 aromatic rings. The van der Waals surface area contributed by atoms with Crippen LogP contribution in [0.25, 0.3) is 0 Å². The topological polar surface area (TPSA) is 51.7 Å². The van der Waals surface area contributed by atoms with Crippen molar-refractivity contribution in [1.29, 1.82) is 0 Å². The number of fused-ring (bicyclic) bond motifs is 1. The third-order valence-electron chi connectivity index (χ3n) is 4.59. The Morgan fingerprint density at radius 3 is 3.24 bits per heavy atom. The van der Waals surface area contributed by atoms with Gasteiger partial charge in [-0.2, -0.15) is 0 Å². The zero-order valence-corrected chi connectivity index (χ0v) is 12.5. The van der Waals surface area contributed by atoms with Crippen LogP contribution >= 0.6 is 0 Å². The highest BCUT2D eigenvalue weighted by atomic mass is 16.5. The van der Waals surface area contributed by atoms with E-state index >= 15 is 0 Å². The lowest BCUT2D eigenvalue weighted by atomic mass is 9.73. The molecule has 2 fully saturated rings. The molecule has 0 unspecified atom stereocenters. The number of ether oxygens (including phenoxy) is 2. The van der Waals surface area contributed by atoms with E-state index in [2.05, 4.69) is 4.98 Å². The molecule has 2 aliphatic rings. The fraction of sp³-hybridized carbons (Fsp3) is 0.625. The Bertz CT molecular complexity index is 490. The Balaban J connectivity index is 1.78. The quantitative estimate of drug-likeness (QED) is 0.851. The number of pyridine rings is 1.